The highest BCUT2D eigenvalue weighted by atomic mass is 16.5. The van der Waals surface area contributed by atoms with Gasteiger partial charge in [-0.05, 0) is 94.3 Å². The molecular formula is C37H49N5O3. The van der Waals surface area contributed by atoms with Gasteiger partial charge in [-0.1, -0.05) is 25.8 Å². The fourth-order valence-electron chi connectivity index (χ4n) is 7.50. The molecule has 1 aromatic carbocycles. The van der Waals surface area contributed by atoms with E-state index >= 15 is 0 Å². The van der Waals surface area contributed by atoms with Crippen LogP contribution in [0.5, 0.6) is 5.75 Å². The number of hydrogen-bond acceptors (Lipinski definition) is 6. The van der Waals surface area contributed by atoms with Gasteiger partial charge in [0, 0.05) is 53.9 Å². The van der Waals surface area contributed by atoms with Crippen LogP contribution in [0.4, 0.5) is 0 Å². The van der Waals surface area contributed by atoms with Crippen LogP contribution in [0.1, 0.15) is 114 Å². The summed E-state index contributed by atoms with van der Waals surface area (Å²) < 4.78 is 5.83. The molecule has 0 unspecified atom stereocenters. The third-order valence-electron chi connectivity index (χ3n) is 11.0. The molecule has 0 radical (unpaired) electrons. The maximum absolute atomic E-state index is 13.7. The van der Waals surface area contributed by atoms with Gasteiger partial charge in [-0.3, -0.25) is 14.6 Å². The number of ketones is 1. The highest BCUT2D eigenvalue weighted by molar-refractivity contribution is 5.88. The van der Waals surface area contributed by atoms with Crippen molar-refractivity contribution in [2.45, 2.75) is 102 Å². The zero-order valence-electron chi connectivity index (χ0n) is 27.1. The fourth-order valence-corrected chi connectivity index (χ4v) is 7.50. The highest BCUT2D eigenvalue weighted by Gasteiger charge is 2.58. The fraction of sp³-hybridized carbons (Fsp3) is 0.622. The third-order valence-corrected chi connectivity index (χ3v) is 11.0. The Labute approximate surface area is 267 Å². The number of amides is 1. The summed E-state index contributed by atoms with van der Waals surface area (Å²) in [5.41, 5.74) is 4.11. The zero-order chi connectivity index (χ0) is 31.0. The lowest BCUT2D eigenvalue weighted by Crippen LogP contribution is -2.38. The average Bonchev–Trinajstić information content (AvgIpc) is 3.99. The zero-order valence-corrected chi connectivity index (χ0v) is 27.1. The van der Waals surface area contributed by atoms with Gasteiger partial charge >= 0.3 is 0 Å². The van der Waals surface area contributed by atoms with E-state index in [0.717, 1.165) is 97.7 Å². The van der Waals surface area contributed by atoms with E-state index in [-0.39, 0.29) is 23.3 Å². The molecule has 1 saturated heterocycles. The molecule has 8 heteroatoms. The summed E-state index contributed by atoms with van der Waals surface area (Å²) in [5, 5.41) is 4.49. The summed E-state index contributed by atoms with van der Waals surface area (Å²) in [6, 6.07) is 8.25. The number of aromatic nitrogens is 3. The number of likely N-dealkylation sites (tertiary alicyclic amines) is 1. The molecule has 1 spiro atoms. The maximum atomic E-state index is 13.7. The smallest absolute Gasteiger partial charge is 0.224 e. The predicted molar refractivity (Wildman–Crippen MR) is 176 cm³/mol. The Morgan fingerprint density at radius 1 is 1.11 bits per heavy atom. The van der Waals surface area contributed by atoms with Crippen molar-refractivity contribution in [1.82, 2.24) is 25.2 Å². The molecule has 1 amide bonds. The largest absolute Gasteiger partial charge is 0.496 e. The number of nitrogens with zero attached hydrogens (tertiary/aromatic N) is 3. The first-order chi connectivity index (χ1) is 21.9. The van der Waals surface area contributed by atoms with Crippen LogP contribution in [-0.4, -0.2) is 58.3 Å². The molecule has 45 heavy (non-hydrogen) atoms. The van der Waals surface area contributed by atoms with Crippen molar-refractivity contribution in [2.75, 3.05) is 26.7 Å². The number of H-pyrrole nitrogens is 1. The average molecular weight is 612 g/mol. The molecule has 8 nitrogen and oxygen atoms in total. The molecule has 3 aromatic rings. The Hall–Kier alpha value is -3.26. The second kappa shape index (κ2) is 12.9. The summed E-state index contributed by atoms with van der Waals surface area (Å²) in [4.78, 5) is 41.4. The van der Waals surface area contributed by atoms with Gasteiger partial charge in [0.1, 0.15) is 17.4 Å². The second-order valence-corrected chi connectivity index (χ2v) is 14.4. The number of ether oxygens (including phenoxy) is 1. The molecule has 2 aromatic heterocycles. The normalized spacial score (nSPS) is 21.6. The molecule has 0 bridgehead atoms. The van der Waals surface area contributed by atoms with E-state index in [0.29, 0.717) is 24.5 Å². The molecule has 3 aliphatic carbocycles. The van der Waals surface area contributed by atoms with Crippen LogP contribution in [0, 0.1) is 17.3 Å². The Morgan fingerprint density at radius 2 is 1.93 bits per heavy atom. The van der Waals surface area contributed by atoms with E-state index in [1.54, 1.807) is 7.11 Å². The van der Waals surface area contributed by atoms with Crippen LogP contribution < -0.4 is 10.1 Å². The summed E-state index contributed by atoms with van der Waals surface area (Å²) in [6.45, 7) is 5.44. The van der Waals surface area contributed by atoms with Crippen molar-refractivity contribution in [2.24, 2.45) is 17.3 Å². The number of aromatic amines is 1. The topological polar surface area (TPSA) is 100 Å². The molecule has 2 N–H and O–H groups in total. The van der Waals surface area contributed by atoms with Gasteiger partial charge < -0.3 is 19.9 Å². The Morgan fingerprint density at radius 3 is 2.67 bits per heavy atom. The minimum absolute atomic E-state index is 0.105. The first kappa shape index (κ1) is 30.4. The van der Waals surface area contributed by atoms with E-state index in [1.807, 2.05) is 19.2 Å². The number of pyridine rings is 1. The number of rotatable bonds is 15. The summed E-state index contributed by atoms with van der Waals surface area (Å²) in [6.07, 6.45) is 15.2. The minimum atomic E-state index is -0.199. The first-order valence-corrected chi connectivity index (χ1v) is 17.5. The van der Waals surface area contributed by atoms with Crippen LogP contribution in [-0.2, 0) is 9.59 Å². The molecule has 7 rings (SSSR count). The SMILES string of the molecule is CCC(=O)CCCCC[C@H](NC(=O)[C@H]1CC12CCN(CC1CC1)CC2)c1ncc(-c2cc3ccc(C4CC4)nc3cc2OC)[nH]1. The molecule has 4 aliphatic rings. The number of piperidine rings is 1. The number of carbonyl (C=O) groups is 2. The molecule has 240 valence electrons. The lowest BCUT2D eigenvalue weighted by molar-refractivity contribution is -0.124. The van der Waals surface area contributed by atoms with Crippen molar-refractivity contribution in [3.8, 4) is 17.0 Å². The number of benzene rings is 1. The summed E-state index contributed by atoms with van der Waals surface area (Å²) in [5.74, 6) is 3.65. The van der Waals surface area contributed by atoms with Gasteiger partial charge in [-0.25, -0.2) is 4.98 Å². The minimum Gasteiger partial charge on any atom is -0.496 e. The van der Waals surface area contributed by atoms with Gasteiger partial charge in [-0.2, -0.15) is 0 Å². The van der Waals surface area contributed by atoms with Gasteiger partial charge in [0.05, 0.1) is 30.6 Å². The Balaban J connectivity index is 1.05. The molecule has 1 aliphatic heterocycles. The Bertz CT molecular complexity index is 1530. The van der Waals surface area contributed by atoms with Crippen LogP contribution in [0.25, 0.3) is 22.2 Å². The molecule has 3 heterocycles. The van der Waals surface area contributed by atoms with E-state index in [4.69, 9.17) is 14.7 Å². The van der Waals surface area contributed by atoms with E-state index in [2.05, 4.69) is 33.4 Å². The first-order valence-electron chi connectivity index (χ1n) is 17.5. The maximum Gasteiger partial charge on any atom is 0.224 e. The standard InChI is InChI=1S/C37H49N5O3/c1-3-27(43)7-5-4-6-8-31(41-36(44)29-21-37(29)15-17-42(18-16-37)23-24-9-10-24)35-38-22-33(40-35)28-19-26-13-14-30(25-11-12-25)39-32(26)20-34(28)45-2/h13-14,19-20,22,24-25,29,31H,3-12,15-18,21,23H2,1-2H3,(H,38,40)(H,41,44)/t29-,31+/m1/s1. The number of nitrogens with one attached hydrogen (secondary N) is 2. The number of carbonyl (C=O) groups excluding carboxylic acids is 2. The quantitative estimate of drug-likeness (QED) is 0.178. The predicted octanol–water partition coefficient (Wildman–Crippen LogP) is 7.11. The highest BCUT2D eigenvalue weighted by Crippen LogP contribution is 2.59. The van der Waals surface area contributed by atoms with Crippen molar-refractivity contribution >= 4 is 22.6 Å². The molecule has 2 atom stereocenters. The van der Waals surface area contributed by atoms with Gasteiger partial charge in [0.2, 0.25) is 5.91 Å². The van der Waals surface area contributed by atoms with Crippen LogP contribution in [0.3, 0.4) is 0 Å². The molecule has 3 saturated carbocycles. The number of imidazole rings is 1. The van der Waals surface area contributed by atoms with Crippen molar-refractivity contribution in [1.29, 1.82) is 0 Å². The lowest BCUT2D eigenvalue weighted by atomic mass is 9.90. The summed E-state index contributed by atoms with van der Waals surface area (Å²) >= 11 is 0. The third kappa shape index (κ3) is 6.96. The number of hydrogen-bond donors (Lipinski definition) is 2. The number of methoxy groups -OCH3 is 1. The Kier molecular flexibility index (Phi) is 8.68. The molecule has 4 fully saturated rings. The monoisotopic (exact) mass is 611 g/mol. The van der Waals surface area contributed by atoms with Crippen LogP contribution in [0.15, 0.2) is 30.5 Å². The summed E-state index contributed by atoms with van der Waals surface area (Å²) in [7, 11) is 1.70. The van der Waals surface area contributed by atoms with Crippen molar-refractivity contribution < 1.29 is 14.3 Å². The van der Waals surface area contributed by atoms with Crippen LogP contribution in [0.2, 0.25) is 0 Å². The number of Topliss-reactive ketones (excluding diaryl/α,β-unsaturated/α-hetero) is 1. The van der Waals surface area contributed by atoms with Gasteiger partial charge in [-0.15, -0.1) is 0 Å². The van der Waals surface area contributed by atoms with Gasteiger partial charge in [0.25, 0.3) is 0 Å². The van der Waals surface area contributed by atoms with E-state index < -0.39 is 0 Å². The van der Waals surface area contributed by atoms with Gasteiger partial charge in [0.15, 0.2) is 0 Å². The number of unbranched alkanes of at least 4 members (excludes halogenated alkanes) is 2. The second-order valence-electron chi connectivity index (χ2n) is 14.4. The van der Waals surface area contributed by atoms with Crippen LogP contribution >= 0.6 is 0 Å². The van der Waals surface area contributed by atoms with E-state index in [9.17, 15) is 9.59 Å². The number of fused-ring (bicyclic) bond motifs is 1. The van der Waals surface area contributed by atoms with Crippen molar-refractivity contribution in [3.63, 3.8) is 0 Å². The van der Waals surface area contributed by atoms with Crippen molar-refractivity contribution in [3.05, 3.63) is 42.0 Å². The lowest BCUT2D eigenvalue weighted by Gasteiger charge is -2.33. The molecular weight excluding hydrogens is 562 g/mol. The van der Waals surface area contributed by atoms with E-state index in [1.165, 1.54) is 37.9 Å².